The first-order chi connectivity index (χ1) is 10.5. The van der Waals surface area contributed by atoms with Gasteiger partial charge in [-0.1, -0.05) is 12.1 Å². The van der Waals surface area contributed by atoms with E-state index < -0.39 is 0 Å². The number of nitrogens with zero attached hydrogens (tertiary/aromatic N) is 1. The summed E-state index contributed by atoms with van der Waals surface area (Å²) in [5.41, 5.74) is 8.13. The highest BCUT2D eigenvalue weighted by molar-refractivity contribution is 5.91. The molecule has 0 radical (unpaired) electrons. The lowest BCUT2D eigenvalue weighted by molar-refractivity contribution is -0.116. The molecule has 22 heavy (non-hydrogen) atoms. The molecule has 2 aromatic carbocycles. The average molecular weight is 300 g/mol. The summed E-state index contributed by atoms with van der Waals surface area (Å²) in [7, 11) is 3.18. The smallest absolute Gasteiger partial charge is 0.224 e. The van der Waals surface area contributed by atoms with Crippen molar-refractivity contribution in [1.82, 2.24) is 0 Å². The molecule has 0 saturated carbocycles. The number of nitrogen functional groups attached to an aromatic ring is 1. The van der Waals surface area contributed by atoms with Crippen LogP contribution >= 0.6 is 0 Å². The van der Waals surface area contributed by atoms with Crippen molar-refractivity contribution >= 4 is 17.3 Å². The van der Waals surface area contributed by atoms with Crippen LogP contribution in [-0.4, -0.2) is 20.1 Å². The minimum atomic E-state index is -0.0552. The highest BCUT2D eigenvalue weighted by Crippen LogP contribution is 2.29. The molecule has 0 bridgehead atoms. The lowest BCUT2D eigenvalue weighted by atomic mass is 10.1. The van der Waals surface area contributed by atoms with Gasteiger partial charge < -0.3 is 20.1 Å². The van der Waals surface area contributed by atoms with Crippen molar-refractivity contribution in [2.75, 3.05) is 24.9 Å². The maximum atomic E-state index is 12.0. The first kappa shape index (κ1) is 15.7. The Balaban J connectivity index is 2.31. The van der Waals surface area contributed by atoms with Crippen LogP contribution in [0.1, 0.15) is 12.5 Å². The van der Waals surface area contributed by atoms with Gasteiger partial charge in [0.2, 0.25) is 5.91 Å². The lowest BCUT2D eigenvalue weighted by Gasteiger charge is -2.22. The quantitative estimate of drug-likeness (QED) is 0.862. The zero-order valence-electron chi connectivity index (χ0n) is 13.0. The Kier molecular flexibility index (Phi) is 4.88. The molecule has 0 spiro atoms. The van der Waals surface area contributed by atoms with Gasteiger partial charge in [0.05, 0.1) is 20.8 Å². The van der Waals surface area contributed by atoms with Gasteiger partial charge in [-0.3, -0.25) is 4.79 Å². The SMILES string of the molecule is COc1ccc(CN(C(C)=O)c2cccc(N)c2)cc1OC. The topological polar surface area (TPSA) is 64.8 Å². The molecule has 0 fully saturated rings. The fraction of sp³-hybridized carbons (Fsp3) is 0.235. The summed E-state index contributed by atoms with van der Waals surface area (Å²) in [4.78, 5) is 13.6. The van der Waals surface area contributed by atoms with Gasteiger partial charge in [0.1, 0.15) is 0 Å². The first-order valence-electron chi connectivity index (χ1n) is 6.89. The van der Waals surface area contributed by atoms with Crippen molar-refractivity contribution in [1.29, 1.82) is 0 Å². The summed E-state index contributed by atoms with van der Waals surface area (Å²) in [5, 5.41) is 0. The monoisotopic (exact) mass is 300 g/mol. The summed E-state index contributed by atoms with van der Waals surface area (Å²) in [6.07, 6.45) is 0. The van der Waals surface area contributed by atoms with Gasteiger partial charge in [-0.25, -0.2) is 0 Å². The van der Waals surface area contributed by atoms with E-state index in [1.54, 1.807) is 31.3 Å². The Morgan fingerprint density at radius 2 is 1.82 bits per heavy atom. The molecule has 2 aromatic rings. The minimum Gasteiger partial charge on any atom is -0.493 e. The molecule has 0 heterocycles. The summed E-state index contributed by atoms with van der Waals surface area (Å²) in [6, 6.07) is 12.9. The van der Waals surface area contributed by atoms with Gasteiger partial charge in [-0.05, 0) is 35.9 Å². The molecule has 0 aliphatic carbocycles. The third kappa shape index (κ3) is 3.49. The normalized spacial score (nSPS) is 10.1. The maximum Gasteiger partial charge on any atom is 0.224 e. The van der Waals surface area contributed by atoms with Crippen LogP contribution in [0.5, 0.6) is 11.5 Å². The summed E-state index contributed by atoms with van der Waals surface area (Å²) in [6.45, 7) is 1.96. The minimum absolute atomic E-state index is 0.0552. The number of anilines is 2. The number of ether oxygens (including phenoxy) is 2. The predicted octanol–water partition coefficient (Wildman–Crippen LogP) is 2.84. The number of carbonyl (C=O) groups excluding carboxylic acids is 1. The number of methoxy groups -OCH3 is 2. The molecule has 116 valence electrons. The highest BCUT2D eigenvalue weighted by atomic mass is 16.5. The van der Waals surface area contributed by atoms with Crippen molar-refractivity contribution in [3.8, 4) is 11.5 Å². The second kappa shape index (κ2) is 6.85. The fourth-order valence-corrected chi connectivity index (χ4v) is 2.24. The van der Waals surface area contributed by atoms with Crippen LogP contribution in [0.2, 0.25) is 0 Å². The molecule has 0 unspecified atom stereocenters. The second-order valence-corrected chi connectivity index (χ2v) is 4.89. The van der Waals surface area contributed by atoms with E-state index in [4.69, 9.17) is 15.2 Å². The van der Waals surface area contributed by atoms with Gasteiger partial charge in [0.25, 0.3) is 0 Å². The molecular formula is C17H20N2O3. The van der Waals surface area contributed by atoms with Crippen molar-refractivity contribution < 1.29 is 14.3 Å². The van der Waals surface area contributed by atoms with E-state index in [0.717, 1.165) is 11.3 Å². The molecule has 0 aromatic heterocycles. The largest absolute Gasteiger partial charge is 0.493 e. The first-order valence-corrected chi connectivity index (χ1v) is 6.89. The van der Waals surface area contributed by atoms with E-state index in [1.165, 1.54) is 6.92 Å². The van der Waals surface area contributed by atoms with Crippen LogP contribution in [0.4, 0.5) is 11.4 Å². The van der Waals surface area contributed by atoms with Crippen molar-refractivity contribution in [3.63, 3.8) is 0 Å². The van der Waals surface area contributed by atoms with E-state index in [1.807, 2.05) is 30.3 Å². The number of hydrogen-bond donors (Lipinski definition) is 1. The third-order valence-electron chi connectivity index (χ3n) is 3.35. The molecule has 0 atom stereocenters. The van der Waals surface area contributed by atoms with Gasteiger partial charge in [0.15, 0.2) is 11.5 Å². The van der Waals surface area contributed by atoms with Crippen molar-refractivity contribution in [2.45, 2.75) is 13.5 Å². The van der Waals surface area contributed by atoms with Crippen LogP contribution in [0.15, 0.2) is 42.5 Å². The van der Waals surface area contributed by atoms with Gasteiger partial charge in [0, 0.05) is 18.3 Å². The number of carbonyl (C=O) groups is 1. The number of nitrogens with two attached hydrogens (primary N) is 1. The molecular weight excluding hydrogens is 280 g/mol. The molecule has 2 rings (SSSR count). The molecule has 0 saturated heterocycles. The number of rotatable bonds is 5. The third-order valence-corrected chi connectivity index (χ3v) is 3.35. The van der Waals surface area contributed by atoms with Crippen LogP contribution in [-0.2, 0) is 11.3 Å². The Bertz CT molecular complexity index is 671. The maximum absolute atomic E-state index is 12.0. The molecule has 2 N–H and O–H groups in total. The molecule has 1 amide bonds. The second-order valence-electron chi connectivity index (χ2n) is 4.89. The lowest BCUT2D eigenvalue weighted by Crippen LogP contribution is -2.27. The summed E-state index contributed by atoms with van der Waals surface area (Å²) in [5.74, 6) is 1.24. The highest BCUT2D eigenvalue weighted by Gasteiger charge is 2.14. The van der Waals surface area contributed by atoms with Crippen molar-refractivity contribution in [2.24, 2.45) is 0 Å². The van der Waals surface area contributed by atoms with Gasteiger partial charge >= 0.3 is 0 Å². The Morgan fingerprint density at radius 3 is 2.41 bits per heavy atom. The van der Waals surface area contributed by atoms with Crippen LogP contribution in [0.3, 0.4) is 0 Å². The number of amides is 1. The standard InChI is InChI=1S/C17H20N2O3/c1-12(20)19(15-6-4-5-14(18)10-15)11-13-7-8-16(21-2)17(9-13)22-3/h4-10H,11,18H2,1-3H3. The van der Waals surface area contributed by atoms with Crippen LogP contribution in [0, 0.1) is 0 Å². The molecule has 5 heteroatoms. The van der Waals surface area contributed by atoms with Crippen molar-refractivity contribution in [3.05, 3.63) is 48.0 Å². The fourth-order valence-electron chi connectivity index (χ4n) is 2.24. The average Bonchev–Trinajstić information content (AvgIpc) is 2.52. The number of hydrogen-bond acceptors (Lipinski definition) is 4. The molecule has 5 nitrogen and oxygen atoms in total. The molecule has 0 aliphatic rings. The Labute approximate surface area is 130 Å². The predicted molar refractivity (Wildman–Crippen MR) is 87.3 cm³/mol. The Morgan fingerprint density at radius 1 is 1.09 bits per heavy atom. The van der Waals surface area contributed by atoms with E-state index in [-0.39, 0.29) is 5.91 Å². The van der Waals surface area contributed by atoms with E-state index in [2.05, 4.69) is 0 Å². The van der Waals surface area contributed by atoms with Gasteiger partial charge in [-0.2, -0.15) is 0 Å². The Hall–Kier alpha value is -2.69. The van der Waals surface area contributed by atoms with E-state index in [0.29, 0.717) is 23.7 Å². The van der Waals surface area contributed by atoms with Gasteiger partial charge in [-0.15, -0.1) is 0 Å². The molecule has 0 aliphatic heterocycles. The van der Waals surface area contributed by atoms with Crippen LogP contribution in [0.25, 0.3) is 0 Å². The summed E-state index contributed by atoms with van der Waals surface area (Å²) >= 11 is 0. The zero-order chi connectivity index (χ0) is 16.1. The van der Waals surface area contributed by atoms with E-state index >= 15 is 0 Å². The van der Waals surface area contributed by atoms with E-state index in [9.17, 15) is 4.79 Å². The zero-order valence-corrected chi connectivity index (χ0v) is 13.0. The van der Waals surface area contributed by atoms with Crippen LogP contribution < -0.4 is 20.1 Å². The number of benzene rings is 2. The summed E-state index contributed by atoms with van der Waals surface area (Å²) < 4.78 is 10.5.